The SMILES string of the molecule is COc1cc2c(cc1OCCCC(=O)Nc1cc(C(=O)Nc3ccc4sccc4c3)n(C)c1)N=CC1CCCN1C2=O. The maximum Gasteiger partial charge on any atom is 0.272 e. The van der Waals surface area contributed by atoms with Crippen LogP contribution < -0.4 is 20.1 Å². The van der Waals surface area contributed by atoms with E-state index in [9.17, 15) is 14.4 Å². The standard InChI is InChI=1S/C31H31N5O5S/c1-35-18-21(14-25(35)30(38)34-20-7-8-28-19(13-20)9-12-42-28)33-29(37)6-4-11-41-27-16-24-23(15-26(27)40-2)31(39)36-10-3-5-22(36)17-32-24/h7-9,12-18,22H,3-6,10-11H2,1-2H3,(H,33,37)(H,34,38). The summed E-state index contributed by atoms with van der Waals surface area (Å²) in [6.07, 6.45) is 6.10. The quantitative estimate of drug-likeness (QED) is 0.248. The van der Waals surface area contributed by atoms with Crippen molar-refractivity contribution in [3.05, 3.63) is 65.3 Å². The van der Waals surface area contributed by atoms with Gasteiger partial charge in [-0.15, -0.1) is 11.3 Å². The first kappa shape index (κ1) is 27.5. The van der Waals surface area contributed by atoms with E-state index in [1.807, 2.05) is 40.8 Å². The molecule has 42 heavy (non-hydrogen) atoms. The number of carbonyl (C=O) groups is 3. The Morgan fingerprint density at radius 3 is 2.83 bits per heavy atom. The fourth-order valence-electron chi connectivity index (χ4n) is 5.36. The highest BCUT2D eigenvalue weighted by atomic mass is 32.1. The number of benzene rings is 2. The molecule has 2 N–H and O–H groups in total. The second kappa shape index (κ2) is 11.7. The van der Waals surface area contributed by atoms with Gasteiger partial charge in [-0.1, -0.05) is 0 Å². The summed E-state index contributed by atoms with van der Waals surface area (Å²) in [5.74, 6) is 0.420. The molecule has 0 spiro atoms. The number of anilines is 2. The highest BCUT2D eigenvalue weighted by Crippen LogP contribution is 2.38. The minimum atomic E-state index is -0.262. The third-order valence-electron chi connectivity index (χ3n) is 7.50. The summed E-state index contributed by atoms with van der Waals surface area (Å²) < 4.78 is 14.3. The first-order valence-corrected chi connectivity index (χ1v) is 14.7. The number of rotatable bonds is 9. The smallest absolute Gasteiger partial charge is 0.272 e. The van der Waals surface area contributed by atoms with Crippen molar-refractivity contribution in [3.63, 3.8) is 0 Å². The van der Waals surface area contributed by atoms with Crippen molar-refractivity contribution in [2.24, 2.45) is 12.0 Å². The van der Waals surface area contributed by atoms with Crippen molar-refractivity contribution in [1.82, 2.24) is 9.47 Å². The summed E-state index contributed by atoms with van der Waals surface area (Å²) in [6.45, 7) is 0.994. The predicted molar refractivity (Wildman–Crippen MR) is 164 cm³/mol. The van der Waals surface area contributed by atoms with Crippen LogP contribution in [0.3, 0.4) is 0 Å². The molecule has 1 fully saturated rings. The van der Waals surface area contributed by atoms with Crippen molar-refractivity contribution in [2.75, 3.05) is 30.9 Å². The van der Waals surface area contributed by atoms with E-state index < -0.39 is 0 Å². The van der Waals surface area contributed by atoms with Gasteiger partial charge in [-0.25, -0.2) is 0 Å². The fraction of sp³-hybridized carbons (Fsp3) is 0.290. The third kappa shape index (κ3) is 5.60. The number of hydrogen-bond acceptors (Lipinski definition) is 7. The first-order chi connectivity index (χ1) is 20.4. The number of aliphatic imine (C=N–C) groups is 1. The van der Waals surface area contributed by atoms with Crippen LogP contribution in [0.5, 0.6) is 11.5 Å². The zero-order valence-electron chi connectivity index (χ0n) is 23.4. The lowest BCUT2D eigenvalue weighted by molar-refractivity contribution is -0.116. The highest BCUT2D eigenvalue weighted by Gasteiger charge is 2.32. The molecule has 1 saturated heterocycles. The van der Waals surface area contributed by atoms with Crippen LogP contribution in [0.1, 0.15) is 46.5 Å². The number of carbonyl (C=O) groups excluding carboxylic acids is 3. The summed E-state index contributed by atoms with van der Waals surface area (Å²) in [6, 6.07) is 12.9. The van der Waals surface area contributed by atoms with Crippen LogP contribution in [0.15, 0.2) is 59.0 Å². The molecule has 4 heterocycles. The van der Waals surface area contributed by atoms with Gasteiger partial charge in [0.05, 0.1) is 36.7 Å². The number of fused-ring (bicyclic) bond motifs is 3. The number of aromatic nitrogens is 1. The van der Waals surface area contributed by atoms with Crippen LogP contribution in [0.2, 0.25) is 0 Å². The van der Waals surface area contributed by atoms with Gasteiger partial charge in [-0.05, 0) is 66.4 Å². The maximum absolute atomic E-state index is 13.0. The number of hydrogen-bond donors (Lipinski definition) is 2. The predicted octanol–water partition coefficient (Wildman–Crippen LogP) is 5.62. The Hall–Kier alpha value is -4.64. The van der Waals surface area contributed by atoms with E-state index in [0.29, 0.717) is 46.2 Å². The average Bonchev–Trinajstić information content (AvgIpc) is 3.71. The third-order valence-corrected chi connectivity index (χ3v) is 8.39. The Balaban J connectivity index is 1.02. The molecule has 0 aliphatic carbocycles. The van der Waals surface area contributed by atoms with Crippen LogP contribution in [0, 0.1) is 0 Å². The van der Waals surface area contributed by atoms with Crippen LogP contribution in [0.4, 0.5) is 17.1 Å². The number of thiophene rings is 1. The van der Waals surface area contributed by atoms with Crippen molar-refractivity contribution < 1.29 is 23.9 Å². The Morgan fingerprint density at radius 2 is 1.98 bits per heavy atom. The Morgan fingerprint density at radius 1 is 1.10 bits per heavy atom. The van der Waals surface area contributed by atoms with Gasteiger partial charge >= 0.3 is 0 Å². The van der Waals surface area contributed by atoms with Crippen molar-refractivity contribution in [2.45, 2.75) is 31.7 Å². The first-order valence-electron chi connectivity index (χ1n) is 13.8. The normalized spacial score (nSPS) is 15.7. The monoisotopic (exact) mass is 585 g/mol. The molecule has 2 aromatic heterocycles. The topological polar surface area (TPSA) is 114 Å². The molecule has 4 aromatic rings. The van der Waals surface area contributed by atoms with E-state index >= 15 is 0 Å². The van der Waals surface area contributed by atoms with Crippen molar-refractivity contribution in [1.29, 1.82) is 0 Å². The van der Waals surface area contributed by atoms with Crippen molar-refractivity contribution in [3.8, 4) is 11.5 Å². The molecule has 0 saturated carbocycles. The summed E-state index contributed by atoms with van der Waals surface area (Å²) >= 11 is 1.65. The fourth-order valence-corrected chi connectivity index (χ4v) is 6.13. The maximum atomic E-state index is 13.0. The highest BCUT2D eigenvalue weighted by molar-refractivity contribution is 7.17. The lowest BCUT2D eigenvalue weighted by Gasteiger charge is -2.20. The molecule has 1 unspecified atom stereocenters. The number of aryl methyl sites for hydroxylation is 1. The summed E-state index contributed by atoms with van der Waals surface area (Å²) in [5, 5.41) is 8.87. The molecule has 3 amide bonds. The number of nitrogens with one attached hydrogen (secondary N) is 2. The zero-order valence-corrected chi connectivity index (χ0v) is 24.2. The van der Waals surface area contributed by atoms with E-state index in [0.717, 1.165) is 29.5 Å². The second-order valence-electron chi connectivity index (χ2n) is 10.4. The molecule has 2 aliphatic heterocycles. The van der Waals surface area contributed by atoms with Crippen LogP contribution in [-0.4, -0.2) is 59.7 Å². The minimum absolute atomic E-state index is 0.0233. The minimum Gasteiger partial charge on any atom is -0.493 e. The van der Waals surface area contributed by atoms with Crippen LogP contribution in [0.25, 0.3) is 10.1 Å². The van der Waals surface area contributed by atoms with E-state index in [4.69, 9.17) is 9.47 Å². The molecule has 11 heteroatoms. The molecule has 0 radical (unpaired) electrons. The van der Waals surface area contributed by atoms with Gasteiger partial charge in [0.2, 0.25) is 5.91 Å². The van der Waals surface area contributed by atoms with Gasteiger partial charge in [-0.2, -0.15) is 0 Å². The van der Waals surface area contributed by atoms with Gasteiger partial charge in [0.1, 0.15) is 5.69 Å². The molecule has 10 nitrogen and oxygen atoms in total. The van der Waals surface area contributed by atoms with Gasteiger partial charge in [0.25, 0.3) is 11.8 Å². The van der Waals surface area contributed by atoms with E-state index in [2.05, 4.69) is 15.6 Å². The van der Waals surface area contributed by atoms with E-state index in [1.165, 1.54) is 7.11 Å². The molecular formula is C31H31N5O5S. The number of methoxy groups -OCH3 is 1. The molecule has 216 valence electrons. The molecular weight excluding hydrogens is 554 g/mol. The van der Waals surface area contributed by atoms with Gasteiger partial charge < -0.3 is 29.6 Å². The van der Waals surface area contributed by atoms with Gasteiger partial charge in [0, 0.05) is 48.9 Å². The summed E-state index contributed by atoms with van der Waals surface area (Å²) in [4.78, 5) is 45.0. The van der Waals surface area contributed by atoms with E-state index in [-0.39, 0.29) is 36.8 Å². The molecule has 6 rings (SSSR count). The van der Waals surface area contributed by atoms with Crippen molar-refractivity contribution >= 4 is 62.4 Å². The Kier molecular flexibility index (Phi) is 7.66. The lowest BCUT2D eigenvalue weighted by Crippen LogP contribution is -2.35. The lowest BCUT2D eigenvalue weighted by atomic mass is 10.1. The molecule has 2 aromatic carbocycles. The molecule has 2 aliphatic rings. The summed E-state index contributed by atoms with van der Waals surface area (Å²) in [5.41, 5.74) is 2.73. The largest absolute Gasteiger partial charge is 0.493 e. The molecule has 1 atom stereocenters. The molecule has 0 bridgehead atoms. The number of nitrogens with zero attached hydrogens (tertiary/aromatic N) is 3. The van der Waals surface area contributed by atoms with Crippen LogP contribution >= 0.6 is 11.3 Å². The number of ether oxygens (including phenoxy) is 2. The van der Waals surface area contributed by atoms with E-state index in [1.54, 1.807) is 47.3 Å². The average molecular weight is 586 g/mol. The van der Waals surface area contributed by atoms with Crippen LogP contribution in [-0.2, 0) is 11.8 Å². The van der Waals surface area contributed by atoms with Gasteiger partial charge in [-0.3, -0.25) is 19.4 Å². The number of amides is 3. The van der Waals surface area contributed by atoms with Gasteiger partial charge in [0.15, 0.2) is 11.5 Å². The zero-order chi connectivity index (χ0) is 29.2. The Bertz CT molecular complexity index is 1710. The summed E-state index contributed by atoms with van der Waals surface area (Å²) in [7, 11) is 3.29. The second-order valence-corrected chi connectivity index (χ2v) is 11.3. The Labute approximate surface area is 246 Å².